The van der Waals surface area contributed by atoms with Gasteiger partial charge in [-0.05, 0) is 49.5 Å². The molecule has 0 unspecified atom stereocenters. The van der Waals surface area contributed by atoms with Crippen LogP contribution in [0.2, 0.25) is 0 Å². The van der Waals surface area contributed by atoms with Crippen LogP contribution in [-0.4, -0.2) is 57.6 Å². The summed E-state index contributed by atoms with van der Waals surface area (Å²) in [6.45, 7) is 3.76. The number of carbonyl (C=O) groups excluding carboxylic acids is 2. The number of rotatable bonds is 5. The Labute approximate surface area is 171 Å². The minimum atomic E-state index is -0.0356. The molecule has 2 aromatic rings. The highest BCUT2D eigenvalue weighted by molar-refractivity contribution is 5.98. The topological polar surface area (TPSA) is 58.4 Å². The number of carbonyl (C=O) groups is 2. The van der Waals surface area contributed by atoms with Crippen molar-refractivity contribution in [2.45, 2.75) is 38.6 Å². The van der Waals surface area contributed by atoms with Gasteiger partial charge in [-0.15, -0.1) is 0 Å². The minimum Gasteiger partial charge on any atom is -0.337 e. The summed E-state index contributed by atoms with van der Waals surface area (Å²) in [4.78, 5) is 29.6. The molecule has 6 nitrogen and oxygen atoms in total. The lowest BCUT2D eigenvalue weighted by molar-refractivity contribution is 0.0672. The molecule has 0 spiro atoms. The molecule has 5 rings (SSSR count). The number of benzene rings is 1. The zero-order valence-electron chi connectivity index (χ0n) is 16.8. The van der Waals surface area contributed by atoms with Gasteiger partial charge in [-0.25, -0.2) is 0 Å². The number of likely N-dealkylation sites (tertiary alicyclic amines) is 1. The lowest BCUT2D eigenvalue weighted by atomic mass is 9.90. The first-order valence-electron chi connectivity index (χ1n) is 10.9. The van der Waals surface area contributed by atoms with E-state index in [4.69, 9.17) is 0 Å². The summed E-state index contributed by atoms with van der Waals surface area (Å²) in [5.74, 6) is 1.28. The SMILES string of the molecule is O=C(c1cc2n(n1)CCN(CC1CC1)C2=O)N1CCC(Cc2ccccc2)CC1. The van der Waals surface area contributed by atoms with Gasteiger partial charge in [0.15, 0.2) is 5.69 Å². The van der Waals surface area contributed by atoms with E-state index in [-0.39, 0.29) is 11.8 Å². The molecule has 2 aliphatic heterocycles. The molecule has 0 N–H and O–H groups in total. The number of fused-ring (bicyclic) bond motifs is 1. The summed E-state index contributed by atoms with van der Waals surface area (Å²) < 4.78 is 1.72. The van der Waals surface area contributed by atoms with Crippen molar-refractivity contribution in [1.29, 1.82) is 0 Å². The lowest BCUT2D eigenvalue weighted by Gasteiger charge is -2.31. The molecule has 3 heterocycles. The van der Waals surface area contributed by atoms with Gasteiger partial charge in [-0.3, -0.25) is 14.3 Å². The maximum Gasteiger partial charge on any atom is 0.274 e. The quantitative estimate of drug-likeness (QED) is 0.786. The average molecular weight is 393 g/mol. The third kappa shape index (κ3) is 3.93. The van der Waals surface area contributed by atoms with Gasteiger partial charge >= 0.3 is 0 Å². The molecule has 0 radical (unpaired) electrons. The van der Waals surface area contributed by atoms with Gasteiger partial charge < -0.3 is 9.80 Å². The standard InChI is InChI=1S/C23H28N4O2/c28-22(25-10-8-18(9-11-25)14-17-4-2-1-3-5-17)20-15-21-23(29)26(16-19-6-7-19)12-13-27(21)24-20/h1-5,15,18-19H,6-14,16H2. The molecule has 29 heavy (non-hydrogen) atoms. The first-order valence-corrected chi connectivity index (χ1v) is 10.9. The van der Waals surface area contributed by atoms with Gasteiger partial charge in [-0.2, -0.15) is 5.10 Å². The first kappa shape index (κ1) is 18.4. The molecule has 6 heteroatoms. The first-order chi connectivity index (χ1) is 14.2. The monoisotopic (exact) mass is 392 g/mol. The lowest BCUT2D eigenvalue weighted by Crippen LogP contribution is -2.41. The molecule has 152 valence electrons. The van der Waals surface area contributed by atoms with E-state index < -0.39 is 0 Å². The third-order valence-corrected chi connectivity index (χ3v) is 6.53. The summed E-state index contributed by atoms with van der Waals surface area (Å²) in [6, 6.07) is 12.3. The van der Waals surface area contributed by atoms with Crippen LogP contribution in [-0.2, 0) is 13.0 Å². The fourth-order valence-electron chi connectivity index (χ4n) is 4.58. The molecule has 3 aliphatic rings. The highest BCUT2D eigenvalue weighted by Crippen LogP contribution is 2.31. The van der Waals surface area contributed by atoms with Crippen molar-refractivity contribution in [3.63, 3.8) is 0 Å². The molecule has 1 saturated heterocycles. The van der Waals surface area contributed by atoms with Gasteiger partial charge in [0.05, 0.1) is 6.54 Å². The van der Waals surface area contributed by atoms with Gasteiger partial charge in [0.25, 0.3) is 11.8 Å². The Kier molecular flexibility index (Phi) is 4.86. The summed E-state index contributed by atoms with van der Waals surface area (Å²) in [6.07, 6.45) is 5.57. The predicted molar refractivity (Wildman–Crippen MR) is 110 cm³/mol. The zero-order valence-corrected chi connectivity index (χ0v) is 16.8. The van der Waals surface area contributed by atoms with Crippen LogP contribution >= 0.6 is 0 Å². The molecule has 2 amide bonds. The highest BCUT2D eigenvalue weighted by atomic mass is 16.2. The van der Waals surface area contributed by atoms with Gasteiger partial charge in [0.1, 0.15) is 5.69 Å². The summed E-state index contributed by atoms with van der Waals surface area (Å²) in [5.41, 5.74) is 2.36. The highest BCUT2D eigenvalue weighted by Gasteiger charge is 2.33. The number of hydrogen-bond acceptors (Lipinski definition) is 3. The second kappa shape index (κ2) is 7.65. The van der Waals surface area contributed by atoms with Gasteiger partial charge in [0.2, 0.25) is 0 Å². The number of nitrogens with zero attached hydrogens (tertiary/aromatic N) is 4. The van der Waals surface area contributed by atoms with Crippen LogP contribution in [0, 0.1) is 11.8 Å². The Morgan fingerprint density at radius 1 is 0.966 bits per heavy atom. The van der Waals surface area contributed by atoms with Crippen LogP contribution in [0.4, 0.5) is 0 Å². The summed E-state index contributed by atoms with van der Waals surface area (Å²) in [7, 11) is 0. The van der Waals surface area contributed by atoms with E-state index in [2.05, 4.69) is 29.4 Å². The van der Waals surface area contributed by atoms with Crippen molar-refractivity contribution in [1.82, 2.24) is 19.6 Å². The van der Waals surface area contributed by atoms with E-state index in [1.807, 2.05) is 15.9 Å². The van der Waals surface area contributed by atoms with E-state index in [1.165, 1.54) is 18.4 Å². The Balaban J connectivity index is 1.20. The molecular formula is C23H28N4O2. The zero-order chi connectivity index (χ0) is 19.8. The van der Waals surface area contributed by atoms with Crippen LogP contribution in [0.5, 0.6) is 0 Å². The fourth-order valence-corrected chi connectivity index (χ4v) is 4.58. The van der Waals surface area contributed by atoms with E-state index in [1.54, 1.807) is 10.7 Å². The molecule has 0 bridgehead atoms. The van der Waals surface area contributed by atoms with Crippen LogP contribution in [0.25, 0.3) is 0 Å². The van der Waals surface area contributed by atoms with E-state index >= 15 is 0 Å². The van der Waals surface area contributed by atoms with Crippen LogP contribution in [0.1, 0.15) is 52.2 Å². The maximum absolute atomic E-state index is 13.0. The molecular weight excluding hydrogens is 364 g/mol. The van der Waals surface area contributed by atoms with Crippen molar-refractivity contribution in [2.24, 2.45) is 11.8 Å². The van der Waals surface area contributed by atoms with E-state index in [0.29, 0.717) is 36.3 Å². The Morgan fingerprint density at radius 2 is 1.72 bits per heavy atom. The van der Waals surface area contributed by atoms with Crippen molar-refractivity contribution >= 4 is 11.8 Å². The summed E-state index contributed by atoms with van der Waals surface area (Å²) >= 11 is 0. The van der Waals surface area contributed by atoms with Crippen LogP contribution < -0.4 is 0 Å². The Hall–Kier alpha value is -2.63. The average Bonchev–Trinajstić information content (AvgIpc) is 3.46. The van der Waals surface area contributed by atoms with Crippen molar-refractivity contribution < 1.29 is 9.59 Å². The predicted octanol–water partition coefficient (Wildman–Crippen LogP) is 2.84. The molecule has 0 atom stereocenters. The summed E-state index contributed by atoms with van der Waals surface area (Å²) in [5, 5.41) is 4.47. The molecule has 1 aromatic carbocycles. The molecule has 1 aromatic heterocycles. The molecule has 1 aliphatic carbocycles. The van der Waals surface area contributed by atoms with Crippen molar-refractivity contribution in [3.05, 3.63) is 53.3 Å². The number of piperidine rings is 1. The number of aromatic nitrogens is 2. The van der Waals surface area contributed by atoms with Crippen molar-refractivity contribution in [2.75, 3.05) is 26.2 Å². The van der Waals surface area contributed by atoms with E-state index in [9.17, 15) is 9.59 Å². The van der Waals surface area contributed by atoms with Gasteiger partial charge in [0, 0.05) is 32.2 Å². The molecule has 2 fully saturated rings. The maximum atomic E-state index is 13.0. The number of amides is 2. The van der Waals surface area contributed by atoms with Crippen molar-refractivity contribution in [3.8, 4) is 0 Å². The Bertz CT molecular complexity index is 895. The minimum absolute atomic E-state index is 0.0243. The fraction of sp³-hybridized carbons (Fsp3) is 0.522. The normalized spacial score (nSPS) is 20.1. The second-order valence-corrected chi connectivity index (χ2v) is 8.76. The Morgan fingerprint density at radius 3 is 2.45 bits per heavy atom. The van der Waals surface area contributed by atoms with Crippen LogP contribution in [0.3, 0.4) is 0 Å². The van der Waals surface area contributed by atoms with Crippen LogP contribution in [0.15, 0.2) is 36.4 Å². The third-order valence-electron chi connectivity index (χ3n) is 6.53. The van der Waals surface area contributed by atoms with E-state index in [0.717, 1.165) is 38.9 Å². The number of hydrogen-bond donors (Lipinski definition) is 0. The molecule has 1 saturated carbocycles. The van der Waals surface area contributed by atoms with Gasteiger partial charge in [-0.1, -0.05) is 30.3 Å². The smallest absolute Gasteiger partial charge is 0.274 e. The largest absolute Gasteiger partial charge is 0.337 e. The second-order valence-electron chi connectivity index (χ2n) is 8.76.